The Kier molecular flexibility index (Phi) is 3.13. The van der Waals surface area contributed by atoms with Crippen LogP contribution in [0.5, 0.6) is 0 Å². The molecule has 2 N–H and O–H groups in total. The first-order chi connectivity index (χ1) is 8.86. The molecule has 0 unspecified atom stereocenters. The van der Waals surface area contributed by atoms with E-state index in [-0.39, 0.29) is 0 Å². The van der Waals surface area contributed by atoms with Gasteiger partial charge in [0.15, 0.2) is 0 Å². The predicted octanol–water partition coefficient (Wildman–Crippen LogP) is 3.95. The summed E-state index contributed by atoms with van der Waals surface area (Å²) in [5.74, 6) is 0. The number of rotatable bonds is 3. The van der Waals surface area contributed by atoms with Crippen molar-refractivity contribution in [2.24, 2.45) is 5.73 Å². The third kappa shape index (κ3) is 2.17. The minimum Gasteiger partial charge on any atom is -0.326 e. The summed E-state index contributed by atoms with van der Waals surface area (Å²) in [5.41, 5.74) is 9.56. The Balaban J connectivity index is 1.91. The van der Waals surface area contributed by atoms with E-state index in [1.807, 2.05) is 11.3 Å². The molecule has 1 nitrogen and oxygen atoms in total. The Morgan fingerprint density at radius 2 is 1.61 bits per heavy atom. The highest BCUT2D eigenvalue weighted by atomic mass is 32.1. The lowest BCUT2D eigenvalue weighted by molar-refractivity contribution is 1.06. The summed E-state index contributed by atoms with van der Waals surface area (Å²) < 4.78 is 1.37. The molecule has 2 heteroatoms. The molecule has 0 aliphatic carbocycles. The summed E-state index contributed by atoms with van der Waals surface area (Å²) >= 11 is 1.82. The molecule has 0 aliphatic rings. The van der Waals surface area contributed by atoms with Gasteiger partial charge in [-0.2, -0.15) is 0 Å². The van der Waals surface area contributed by atoms with E-state index in [9.17, 15) is 0 Å². The van der Waals surface area contributed by atoms with Gasteiger partial charge in [-0.05, 0) is 39.9 Å². The van der Waals surface area contributed by atoms with Crippen LogP contribution in [0.1, 0.15) is 16.7 Å². The van der Waals surface area contributed by atoms with Gasteiger partial charge in [-0.3, -0.25) is 0 Å². The predicted molar refractivity (Wildman–Crippen MR) is 79.0 cm³/mol. The van der Waals surface area contributed by atoms with E-state index in [4.69, 9.17) is 5.73 Å². The van der Waals surface area contributed by atoms with Crippen molar-refractivity contribution in [3.05, 3.63) is 70.6 Å². The maximum Gasteiger partial charge on any atom is 0.0345 e. The van der Waals surface area contributed by atoms with E-state index in [0.29, 0.717) is 6.54 Å². The molecule has 18 heavy (non-hydrogen) atoms. The molecule has 0 bridgehead atoms. The number of hydrogen-bond donors (Lipinski definition) is 1. The van der Waals surface area contributed by atoms with Crippen LogP contribution in [-0.2, 0) is 13.0 Å². The standard InChI is InChI=1S/C16H15NS/c17-10-13-7-5-12(6-8-13)9-14-11-18-16-4-2-1-3-15(14)16/h1-8,11H,9-10,17H2. The first-order valence-electron chi connectivity index (χ1n) is 6.10. The molecule has 3 aromatic rings. The van der Waals surface area contributed by atoms with Gasteiger partial charge in [0, 0.05) is 11.2 Å². The van der Waals surface area contributed by atoms with Crippen molar-refractivity contribution in [3.63, 3.8) is 0 Å². The minimum absolute atomic E-state index is 0.613. The first-order valence-corrected chi connectivity index (χ1v) is 6.98. The van der Waals surface area contributed by atoms with Gasteiger partial charge in [0.05, 0.1) is 0 Å². The molecule has 0 atom stereocenters. The topological polar surface area (TPSA) is 26.0 Å². The second kappa shape index (κ2) is 4.92. The molecule has 0 spiro atoms. The Hall–Kier alpha value is -1.64. The zero-order valence-electron chi connectivity index (χ0n) is 10.1. The molecule has 3 rings (SSSR count). The molecule has 0 aliphatic heterocycles. The van der Waals surface area contributed by atoms with Crippen molar-refractivity contribution in [1.29, 1.82) is 0 Å². The van der Waals surface area contributed by atoms with Gasteiger partial charge in [-0.25, -0.2) is 0 Å². The van der Waals surface area contributed by atoms with Crippen LogP contribution in [-0.4, -0.2) is 0 Å². The summed E-state index contributed by atoms with van der Waals surface area (Å²) in [6.45, 7) is 0.613. The molecule has 0 fully saturated rings. The van der Waals surface area contributed by atoms with Gasteiger partial charge in [0.25, 0.3) is 0 Å². The van der Waals surface area contributed by atoms with Crippen molar-refractivity contribution in [2.45, 2.75) is 13.0 Å². The fraction of sp³-hybridized carbons (Fsp3) is 0.125. The van der Waals surface area contributed by atoms with E-state index < -0.39 is 0 Å². The third-order valence-corrected chi connectivity index (χ3v) is 4.23. The fourth-order valence-electron chi connectivity index (χ4n) is 2.18. The molecule has 1 heterocycles. The van der Waals surface area contributed by atoms with Crippen LogP contribution in [0, 0.1) is 0 Å². The van der Waals surface area contributed by atoms with Crippen molar-refractivity contribution < 1.29 is 0 Å². The molecule has 0 saturated heterocycles. The SMILES string of the molecule is NCc1ccc(Cc2csc3ccccc23)cc1. The zero-order chi connectivity index (χ0) is 12.4. The van der Waals surface area contributed by atoms with Crippen LogP contribution in [0.3, 0.4) is 0 Å². The largest absolute Gasteiger partial charge is 0.326 e. The van der Waals surface area contributed by atoms with Crippen LogP contribution < -0.4 is 5.73 Å². The summed E-state index contributed by atoms with van der Waals surface area (Å²) in [7, 11) is 0. The summed E-state index contributed by atoms with van der Waals surface area (Å²) in [6, 6.07) is 17.2. The van der Waals surface area contributed by atoms with Gasteiger partial charge in [-0.15, -0.1) is 11.3 Å². The lowest BCUT2D eigenvalue weighted by Gasteiger charge is -2.02. The van der Waals surface area contributed by atoms with E-state index in [2.05, 4.69) is 53.9 Å². The molecular weight excluding hydrogens is 238 g/mol. The number of thiophene rings is 1. The molecule has 1 aromatic heterocycles. The van der Waals surface area contributed by atoms with Gasteiger partial charge in [0.1, 0.15) is 0 Å². The first kappa shape index (κ1) is 11.5. The maximum atomic E-state index is 5.61. The van der Waals surface area contributed by atoms with Crippen LogP contribution in [0.4, 0.5) is 0 Å². The molecular formula is C16H15NS. The van der Waals surface area contributed by atoms with Crippen LogP contribution in [0.15, 0.2) is 53.9 Å². The molecule has 90 valence electrons. The van der Waals surface area contributed by atoms with Gasteiger partial charge < -0.3 is 5.73 Å². The minimum atomic E-state index is 0.613. The lowest BCUT2D eigenvalue weighted by atomic mass is 10.0. The van der Waals surface area contributed by atoms with Crippen molar-refractivity contribution >= 4 is 21.4 Å². The van der Waals surface area contributed by atoms with Crippen LogP contribution in [0.2, 0.25) is 0 Å². The highest BCUT2D eigenvalue weighted by Gasteiger charge is 2.04. The Morgan fingerprint density at radius 3 is 2.39 bits per heavy atom. The number of nitrogens with two attached hydrogens (primary N) is 1. The highest BCUT2D eigenvalue weighted by molar-refractivity contribution is 7.17. The monoisotopic (exact) mass is 253 g/mol. The average Bonchev–Trinajstić information content (AvgIpc) is 2.83. The second-order valence-corrected chi connectivity index (χ2v) is 5.37. The quantitative estimate of drug-likeness (QED) is 0.751. The third-order valence-electron chi connectivity index (χ3n) is 3.21. The fourth-order valence-corrected chi connectivity index (χ4v) is 3.15. The summed E-state index contributed by atoms with van der Waals surface area (Å²) in [6.07, 6.45) is 0.995. The van der Waals surface area contributed by atoms with Gasteiger partial charge >= 0.3 is 0 Å². The van der Waals surface area contributed by atoms with E-state index >= 15 is 0 Å². The highest BCUT2D eigenvalue weighted by Crippen LogP contribution is 2.27. The molecule has 2 aromatic carbocycles. The van der Waals surface area contributed by atoms with Crippen molar-refractivity contribution in [1.82, 2.24) is 0 Å². The smallest absolute Gasteiger partial charge is 0.0345 e. The Morgan fingerprint density at radius 1 is 0.889 bits per heavy atom. The van der Waals surface area contributed by atoms with Crippen LogP contribution >= 0.6 is 11.3 Å². The van der Waals surface area contributed by atoms with Crippen molar-refractivity contribution in [2.75, 3.05) is 0 Å². The van der Waals surface area contributed by atoms with E-state index in [1.54, 1.807) is 0 Å². The lowest BCUT2D eigenvalue weighted by Crippen LogP contribution is -1.96. The normalized spacial score (nSPS) is 10.9. The Bertz CT molecular complexity index is 652. The number of fused-ring (bicyclic) bond motifs is 1. The van der Waals surface area contributed by atoms with E-state index in [0.717, 1.165) is 6.42 Å². The maximum absolute atomic E-state index is 5.61. The van der Waals surface area contributed by atoms with Gasteiger partial charge in [-0.1, -0.05) is 42.5 Å². The molecule has 0 amide bonds. The van der Waals surface area contributed by atoms with E-state index in [1.165, 1.54) is 26.8 Å². The molecule has 0 radical (unpaired) electrons. The van der Waals surface area contributed by atoms with Crippen molar-refractivity contribution in [3.8, 4) is 0 Å². The van der Waals surface area contributed by atoms with Gasteiger partial charge in [0.2, 0.25) is 0 Å². The molecule has 0 saturated carbocycles. The second-order valence-electron chi connectivity index (χ2n) is 4.45. The number of benzene rings is 2. The average molecular weight is 253 g/mol. The Labute approximate surface area is 111 Å². The zero-order valence-corrected chi connectivity index (χ0v) is 10.9. The summed E-state index contributed by atoms with van der Waals surface area (Å²) in [4.78, 5) is 0. The summed E-state index contributed by atoms with van der Waals surface area (Å²) in [5, 5.41) is 3.65. The van der Waals surface area contributed by atoms with Crippen LogP contribution in [0.25, 0.3) is 10.1 Å². The number of hydrogen-bond acceptors (Lipinski definition) is 2.